The van der Waals surface area contributed by atoms with Crippen LogP contribution in [0.15, 0.2) is 0 Å². The van der Waals surface area contributed by atoms with Gasteiger partial charge < -0.3 is 9.11 Å². The summed E-state index contributed by atoms with van der Waals surface area (Å²) in [5.74, 6) is 0. The summed E-state index contributed by atoms with van der Waals surface area (Å²) in [5.41, 5.74) is 0. The first-order chi connectivity index (χ1) is 17.0. The average Bonchev–Trinajstić information content (AvgIpc) is 2.80. The molecule has 0 spiro atoms. The van der Waals surface area contributed by atoms with Gasteiger partial charge in [-0.2, -0.15) is 7.78 Å². The Kier molecular flexibility index (Phi) is 27.0. The predicted octanol–water partition coefficient (Wildman–Crippen LogP) is 7.56. The lowest BCUT2D eigenvalue weighted by molar-refractivity contribution is -0.852. The molecule has 0 radical (unpaired) electrons. The van der Waals surface area contributed by atoms with Crippen LogP contribution in [0.4, 0.5) is 0 Å². The maximum absolute atomic E-state index is 13.3. The van der Waals surface area contributed by atoms with Crippen molar-refractivity contribution in [3.8, 4) is 0 Å². The van der Waals surface area contributed by atoms with Gasteiger partial charge in [-0.25, -0.2) is 0 Å². The molecule has 0 N–H and O–H groups in total. The molecular formula is C28H62N2O4S2. The topological polar surface area (TPSA) is 80.3 Å². The van der Waals surface area contributed by atoms with Crippen molar-refractivity contribution in [2.75, 3.05) is 41.3 Å². The standard InChI is InChI=1S/C28H62N2OS.H2O3S/c1-7-9-11-13-15-17-19-21-23-25-27-29(3,4)32(31)30(5,6)28-26-24-22-20-18-16-14-12-10-8-2;1-4(2)3/h7-28H2,1-6H3;(H2,1,2,3)/q+2;/p-2. The Balaban J connectivity index is 0. The Morgan fingerprint density at radius 3 is 0.861 bits per heavy atom. The molecule has 36 heavy (non-hydrogen) atoms. The highest BCUT2D eigenvalue weighted by Gasteiger charge is 2.39. The highest BCUT2D eigenvalue weighted by atomic mass is 32.2. The molecule has 0 aliphatic carbocycles. The molecule has 0 bridgehead atoms. The van der Waals surface area contributed by atoms with Gasteiger partial charge in [0.1, 0.15) is 0 Å². The lowest BCUT2D eigenvalue weighted by Crippen LogP contribution is -2.56. The molecule has 0 atom stereocenters. The zero-order valence-electron chi connectivity index (χ0n) is 24.9. The minimum Gasteiger partial charge on any atom is -0.784 e. The van der Waals surface area contributed by atoms with Gasteiger partial charge in [0, 0.05) is 0 Å². The molecule has 6 nitrogen and oxygen atoms in total. The minimum atomic E-state index is -3.11. The van der Waals surface area contributed by atoms with Crippen LogP contribution >= 0.6 is 0 Å². The molecule has 0 saturated heterocycles. The SMILES string of the molecule is CCCCCCCCCCCC[N+](C)(C)S(=O)[N+](C)(C)CCCCCCCCCCCC.O=S([O-])[O-]. The summed E-state index contributed by atoms with van der Waals surface area (Å²) in [7, 11) is 8.68. The molecule has 0 unspecified atom stereocenters. The minimum absolute atomic E-state index is 0.641. The molecular weight excluding hydrogens is 492 g/mol. The van der Waals surface area contributed by atoms with E-state index in [-0.39, 0.29) is 0 Å². The number of hydrogen-bond donors (Lipinski definition) is 0. The van der Waals surface area contributed by atoms with Crippen molar-refractivity contribution in [2.45, 2.75) is 142 Å². The summed E-state index contributed by atoms with van der Waals surface area (Å²) < 4.78 is 39.9. The van der Waals surface area contributed by atoms with Crippen molar-refractivity contribution in [1.29, 1.82) is 0 Å². The summed E-state index contributed by atoms with van der Waals surface area (Å²) in [6, 6.07) is 0. The van der Waals surface area contributed by atoms with Gasteiger partial charge in [0.15, 0.2) is 0 Å². The zero-order chi connectivity index (χ0) is 27.7. The van der Waals surface area contributed by atoms with Gasteiger partial charge in [-0.05, 0) is 25.7 Å². The van der Waals surface area contributed by atoms with Crippen molar-refractivity contribution in [3.05, 3.63) is 0 Å². The molecule has 0 aromatic heterocycles. The molecule has 8 heteroatoms. The highest BCUT2D eigenvalue weighted by Crippen LogP contribution is 2.19. The van der Waals surface area contributed by atoms with E-state index in [9.17, 15) is 4.21 Å². The maximum atomic E-state index is 13.3. The third-order valence-corrected chi connectivity index (χ3v) is 9.00. The van der Waals surface area contributed by atoms with Crippen LogP contribution in [0.25, 0.3) is 0 Å². The molecule has 0 aliphatic heterocycles. The maximum Gasteiger partial charge on any atom is 0.408 e. The van der Waals surface area contributed by atoms with E-state index >= 15 is 0 Å². The Labute approximate surface area is 231 Å². The highest BCUT2D eigenvalue weighted by molar-refractivity contribution is 7.73. The van der Waals surface area contributed by atoms with Gasteiger partial charge in [-0.3, -0.25) is 4.21 Å². The molecule has 0 heterocycles. The lowest BCUT2D eigenvalue weighted by atomic mass is 10.1. The van der Waals surface area contributed by atoms with Crippen LogP contribution in [0.1, 0.15) is 142 Å². The number of rotatable bonds is 24. The average molecular weight is 555 g/mol. The number of hydrogen-bond acceptors (Lipinski definition) is 4. The molecule has 220 valence electrons. The summed E-state index contributed by atoms with van der Waals surface area (Å²) in [4.78, 5) is 0. The number of quaternary nitrogens is 2. The smallest absolute Gasteiger partial charge is 0.408 e. The molecule has 0 saturated carbocycles. The molecule has 0 aliphatic rings. The molecule has 0 fully saturated rings. The van der Waals surface area contributed by atoms with Gasteiger partial charge in [0.05, 0.1) is 41.3 Å². The van der Waals surface area contributed by atoms with Crippen LogP contribution in [0.3, 0.4) is 0 Å². The van der Waals surface area contributed by atoms with Crippen LogP contribution in [-0.4, -0.2) is 66.6 Å². The van der Waals surface area contributed by atoms with Crippen molar-refractivity contribution < 1.29 is 25.3 Å². The largest absolute Gasteiger partial charge is 0.784 e. The second-order valence-corrected chi connectivity index (χ2v) is 14.2. The van der Waals surface area contributed by atoms with E-state index < -0.39 is 22.5 Å². The monoisotopic (exact) mass is 554 g/mol. The van der Waals surface area contributed by atoms with E-state index in [1.54, 1.807) is 0 Å². The van der Waals surface area contributed by atoms with Crippen molar-refractivity contribution in [3.63, 3.8) is 0 Å². The van der Waals surface area contributed by atoms with Crippen LogP contribution in [0.5, 0.6) is 0 Å². The fraction of sp³-hybridized carbons (Fsp3) is 1.00. The van der Waals surface area contributed by atoms with Crippen molar-refractivity contribution >= 4 is 22.5 Å². The summed E-state index contributed by atoms with van der Waals surface area (Å²) in [6.07, 6.45) is 27.2. The van der Waals surface area contributed by atoms with Crippen LogP contribution in [0.2, 0.25) is 0 Å². The van der Waals surface area contributed by atoms with Gasteiger partial charge in [0.2, 0.25) is 0 Å². The van der Waals surface area contributed by atoms with Gasteiger partial charge in [-0.15, -0.1) is 15.6 Å². The normalized spacial score (nSPS) is 12.3. The van der Waals surface area contributed by atoms with Crippen molar-refractivity contribution in [1.82, 2.24) is 0 Å². The van der Waals surface area contributed by atoms with E-state index in [4.69, 9.17) is 13.3 Å². The van der Waals surface area contributed by atoms with Gasteiger partial charge >= 0.3 is 11.2 Å². The predicted molar refractivity (Wildman–Crippen MR) is 155 cm³/mol. The second-order valence-electron chi connectivity index (χ2n) is 11.4. The fourth-order valence-corrected chi connectivity index (χ4v) is 6.48. The van der Waals surface area contributed by atoms with Gasteiger partial charge in [-0.1, -0.05) is 117 Å². The first kappa shape index (κ1) is 38.3. The van der Waals surface area contributed by atoms with Crippen LogP contribution in [-0.2, 0) is 22.5 Å². The first-order valence-corrected chi connectivity index (χ1v) is 16.9. The molecule has 0 aromatic carbocycles. The molecule has 0 amide bonds. The molecule has 0 rings (SSSR count). The summed E-state index contributed by atoms with van der Waals surface area (Å²) >= 11 is -4.00. The third-order valence-electron chi connectivity index (χ3n) is 6.95. The fourth-order valence-electron chi connectivity index (χ4n) is 4.71. The van der Waals surface area contributed by atoms with Crippen LogP contribution in [0, 0.1) is 0 Å². The van der Waals surface area contributed by atoms with E-state index in [1.165, 1.54) is 128 Å². The summed E-state index contributed by atoms with van der Waals surface area (Å²) in [6.45, 7) is 6.63. The van der Waals surface area contributed by atoms with E-state index in [0.717, 1.165) is 13.1 Å². The van der Waals surface area contributed by atoms with E-state index in [2.05, 4.69) is 42.0 Å². The first-order valence-electron chi connectivity index (χ1n) is 14.9. The van der Waals surface area contributed by atoms with Crippen molar-refractivity contribution in [2.24, 2.45) is 0 Å². The second kappa shape index (κ2) is 25.4. The molecule has 0 aromatic rings. The zero-order valence-corrected chi connectivity index (χ0v) is 26.5. The Bertz CT molecular complexity index is 490. The lowest BCUT2D eigenvalue weighted by Gasteiger charge is -2.34. The Morgan fingerprint density at radius 1 is 0.444 bits per heavy atom. The Morgan fingerprint density at radius 2 is 0.639 bits per heavy atom. The van der Waals surface area contributed by atoms with E-state index in [1.807, 2.05) is 0 Å². The third kappa shape index (κ3) is 25.8. The van der Waals surface area contributed by atoms with Gasteiger partial charge in [0.25, 0.3) is 0 Å². The van der Waals surface area contributed by atoms with E-state index in [0.29, 0.717) is 7.78 Å². The summed E-state index contributed by atoms with van der Waals surface area (Å²) in [5, 5.41) is 0. The number of unbranched alkanes of at least 4 members (excludes halogenated alkanes) is 18. The quantitative estimate of drug-likeness (QED) is 0.0700. The number of nitrogens with zero attached hydrogens (tertiary/aromatic N) is 2. The Hall–Kier alpha value is 0.140. The van der Waals surface area contributed by atoms with Crippen LogP contribution < -0.4 is 0 Å².